The highest BCUT2D eigenvalue weighted by molar-refractivity contribution is 7.74. The lowest BCUT2D eigenvalue weighted by Gasteiger charge is -2.27. The molecule has 1 aromatic rings. The van der Waals surface area contributed by atoms with E-state index in [-0.39, 0.29) is 5.41 Å². The molecule has 1 rings (SSSR count). The van der Waals surface area contributed by atoms with Crippen LogP contribution < -0.4 is 5.30 Å². The Balaban J connectivity index is 3.16. The van der Waals surface area contributed by atoms with Gasteiger partial charge in [0, 0.05) is 5.30 Å². The maximum Gasteiger partial charge on any atom is 0.136 e. The molecule has 0 aliphatic heterocycles. The normalized spacial score (nSPS) is 15.7. The first-order valence-electron chi connectivity index (χ1n) is 5.09. The van der Waals surface area contributed by atoms with Crippen LogP contribution in [0.5, 0.6) is 0 Å². The van der Waals surface area contributed by atoms with Gasteiger partial charge in [0.2, 0.25) is 0 Å². The summed E-state index contributed by atoms with van der Waals surface area (Å²) in [6.45, 7) is 12.0. The molecule has 0 radical (unpaired) electrons. The Bertz CT molecular complexity index is 398. The molecule has 0 bridgehead atoms. The van der Waals surface area contributed by atoms with Gasteiger partial charge in [-0.15, -0.1) is 0 Å². The molecule has 82 valence electrons. The SMILES string of the molecule is C=C(C(C)(C)C)P(C)(=O)c1ccccc1. The number of allylic oxidation sites excluding steroid dienone is 1. The van der Waals surface area contributed by atoms with E-state index in [2.05, 4.69) is 27.4 Å². The number of hydrogen-bond acceptors (Lipinski definition) is 1. The molecular formula is C13H19OP. The zero-order valence-electron chi connectivity index (χ0n) is 9.95. The third-order valence-corrected chi connectivity index (χ3v) is 5.61. The fourth-order valence-corrected chi connectivity index (χ4v) is 3.84. The first-order valence-corrected chi connectivity index (χ1v) is 7.25. The summed E-state index contributed by atoms with van der Waals surface area (Å²) in [5.41, 5.74) is -0.111. The average molecular weight is 222 g/mol. The third kappa shape index (κ3) is 2.60. The van der Waals surface area contributed by atoms with Gasteiger partial charge >= 0.3 is 0 Å². The fraction of sp³-hybridized carbons (Fsp3) is 0.385. The van der Waals surface area contributed by atoms with Crippen molar-refractivity contribution in [2.75, 3.05) is 6.66 Å². The molecule has 0 amide bonds. The van der Waals surface area contributed by atoms with Crippen molar-refractivity contribution in [3.8, 4) is 0 Å². The summed E-state index contributed by atoms with van der Waals surface area (Å²) >= 11 is 0. The van der Waals surface area contributed by atoms with E-state index < -0.39 is 7.14 Å². The van der Waals surface area contributed by atoms with Gasteiger partial charge in [0.15, 0.2) is 0 Å². The van der Waals surface area contributed by atoms with Gasteiger partial charge in [-0.05, 0) is 17.4 Å². The quantitative estimate of drug-likeness (QED) is 0.694. The van der Waals surface area contributed by atoms with Crippen LogP contribution in [0.1, 0.15) is 20.8 Å². The second kappa shape index (κ2) is 3.98. The Labute approximate surface area is 92.6 Å². The van der Waals surface area contributed by atoms with E-state index in [1.165, 1.54) is 0 Å². The lowest BCUT2D eigenvalue weighted by Crippen LogP contribution is -2.14. The van der Waals surface area contributed by atoms with E-state index in [4.69, 9.17) is 0 Å². The molecule has 0 heterocycles. The lowest BCUT2D eigenvalue weighted by atomic mass is 9.97. The van der Waals surface area contributed by atoms with Crippen LogP contribution in [0.3, 0.4) is 0 Å². The summed E-state index contributed by atoms with van der Waals surface area (Å²) < 4.78 is 12.7. The van der Waals surface area contributed by atoms with Crippen LogP contribution in [0.15, 0.2) is 42.2 Å². The standard InChI is InChI=1S/C13H19OP/c1-11(13(2,3)4)15(5,14)12-9-7-6-8-10-12/h6-10H,1H2,2-5H3. The van der Waals surface area contributed by atoms with Gasteiger partial charge in [-0.25, -0.2) is 0 Å². The fourth-order valence-electron chi connectivity index (χ4n) is 1.51. The van der Waals surface area contributed by atoms with Crippen molar-refractivity contribution in [2.45, 2.75) is 20.8 Å². The van der Waals surface area contributed by atoms with E-state index in [0.29, 0.717) is 0 Å². The van der Waals surface area contributed by atoms with Crippen molar-refractivity contribution >= 4 is 12.4 Å². The molecule has 1 nitrogen and oxygen atoms in total. The Kier molecular flexibility index (Phi) is 3.25. The van der Waals surface area contributed by atoms with Gasteiger partial charge in [-0.2, -0.15) is 0 Å². The Hall–Kier alpha value is -0.810. The molecule has 1 unspecified atom stereocenters. The highest BCUT2D eigenvalue weighted by atomic mass is 31.2. The van der Waals surface area contributed by atoms with Gasteiger partial charge < -0.3 is 4.57 Å². The van der Waals surface area contributed by atoms with Gasteiger partial charge in [-0.1, -0.05) is 57.7 Å². The molecule has 1 atom stereocenters. The summed E-state index contributed by atoms with van der Waals surface area (Å²) in [5.74, 6) is 0. The zero-order valence-corrected chi connectivity index (χ0v) is 10.8. The van der Waals surface area contributed by atoms with Crippen molar-refractivity contribution < 1.29 is 4.57 Å². The van der Waals surface area contributed by atoms with Crippen LogP contribution in [0, 0.1) is 5.41 Å². The van der Waals surface area contributed by atoms with Gasteiger partial charge in [0.1, 0.15) is 7.14 Å². The monoisotopic (exact) mass is 222 g/mol. The highest BCUT2D eigenvalue weighted by Crippen LogP contribution is 2.55. The van der Waals surface area contributed by atoms with Crippen LogP contribution >= 0.6 is 7.14 Å². The second-order valence-corrected chi connectivity index (χ2v) is 7.86. The maximum atomic E-state index is 12.7. The minimum absolute atomic E-state index is 0.111. The summed E-state index contributed by atoms with van der Waals surface area (Å²) in [6, 6.07) is 9.60. The first kappa shape index (κ1) is 12.3. The van der Waals surface area contributed by atoms with Crippen LogP contribution in [-0.4, -0.2) is 6.66 Å². The van der Waals surface area contributed by atoms with Gasteiger partial charge in [-0.3, -0.25) is 0 Å². The summed E-state index contributed by atoms with van der Waals surface area (Å²) in [7, 11) is -2.45. The van der Waals surface area contributed by atoms with Crippen LogP contribution in [-0.2, 0) is 4.57 Å². The minimum atomic E-state index is -2.45. The minimum Gasteiger partial charge on any atom is -0.314 e. The number of hydrogen-bond donors (Lipinski definition) is 0. The highest BCUT2D eigenvalue weighted by Gasteiger charge is 2.30. The van der Waals surface area contributed by atoms with E-state index in [1.807, 2.05) is 30.3 Å². The third-order valence-electron chi connectivity index (χ3n) is 2.63. The molecule has 0 N–H and O–H groups in total. The average Bonchev–Trinajstić information content (AvgIpc) is 2.16. The second-order valence-electron chi connectivity index (χ2n) is 4.96. The van der Waals surface area contributed by atoms with Gasteiger partial charge in [0.05, 0.1) is 0 Å². The topological polar surface area (TPSA) is 17.1 Å². The molecule has 0 aliphatic rings. The smallest absolute Gasteiger partial charge is 0.136 e. The molecule has 0 aliphatic carbocycles. The van der Waals surface area contributed by atoms with Crippen LogP contribution in [0.2, 0.25) is 0 Å². The largest absolute Gasteiger partial charge is 0.314 e. The van der Waals surface area contributed by atoms with Crippen molar-refractivity contribution in [3.63, 3.8) is 0 Å². The Morgan fingerprint density at radius 2 is 1.67 bits per heavy atom. The van der Waals surface area contributed by atoms with Crippen molar-refractivity contribution in [1.29, 1.82) is 0 Å². The molecule has 0 saturated heterocycles. The Morgan fingerprint density at radius 1 is 1.20 bits per heavy atom. The van der Waals surface area contributed by atoms with E-state index >= 15 is 0 Å². The molecule has 2 heteroatoms. The predicted octanol–water partition coefficient (Wildman–Crippen LogP) is 3.86. The van der Waals surface area contributed by atoms with Crippen molar-refractivity contribution in [3.05, 3.63) is 42.2 Å². The van der Waals surface area contributed by atoms with Crippen molar-refractivity contribution in [1.82, 2.24) is 0 Å². The predicted molar refractivity (Wildman–Crippen MR) is 68.2 cm³/mol. The molecule has 0 fully saturated rings. The van der Waals surface area contributed by atoms with Crippen LogP contribution in [0.25, 0.3) is 0 Å². The molecule has 15 heavy (non-hydrogen) atoms. The van der Waals surface area contributed by atoms with Gasteiger partial charge in [0.25, 0.3) is 0 Å². The zero-order chi connectivity index (χ0) is 11.7. The molecule has 1 aromatic carbocycles. The number of rotatable bonds is 2. The Morgan fingerprint density at radius 3 is 2.07 bits per heavy atom. The van der Waals surface area contributed by atoms with E-state index in [1.54, 1.807) is 6.66 Å². The number of benzene rings is 1. The van der Waals surface area contributed by atoms with E-state index in [0.717, 1.165) is 10.6 Å². The summed E-state index contributed by atoms with van der Waals surface area (Å²) in [4.78, 5) is 0. The summed E-state index contributed by atoms with van der Waals surface area (Å²) in [6.07, 6.45) is 0. The lowest BCUT2D eigenvalue weighted by molar-refractivity contribution is 0.518. The molecular weight excluding hydrogens is 203 g/mol. The molecule has 0 spiro atoms. The molecule has 0 aromatic heterocycles. The molecule has 0 saturated carbocycles. The van der Waals surface area contributed by atoms with Crippen molar-refractivity contribution in [2.24, 2.45) is 5.41 Å². The maximum absolute atomic E-state index is 12.7. The first-order chi connectivity index (χ1) is 6.76. The van der Waals surface area contributed by atoms with E-state index in [9.17, 15) is 4.57 Å². The van der Waals surface area contributed by atoms with Crippen LogP contribution in [0.4, 0.5) is 0 Å². The summed E-state index contributed by atoms with van der Waals surface area (Å²) in [5, 5.41) is 1.73.